The third-order valence-electron chi connectivity index (χ3n) is 4.18. The number of aryl methyl sites for hydroxylation is 1. The Kier molecular flexibility index (Phi) is 3.86. The normalized spacial score (nSPS) is 20.7. The summed E-state index contributed by atoms with van der Waals surface area (Å²) in [5.41, 5.74) is 1.73. The first-order valence-electron chi connectivity index (χ1n) is 6.84. The molecule has 0 saturated carbocycles. The van der Waals surface area contributed by atoms with E-state index in [0.29, 0.717) is 5.92 Å². The summed E-state index contributed by atoms with van der Waals surface area (Å²) in [6.45, 7) is 8.27. The van der Waals surface area contributed by atoms with E-state index in [9.17, 15) is 4.79 Å². The first-order valence-corrected chi connectivity index (χ1v) is 6.84. The van der Waals surface area contributed by atoms with E-state index in [1.54, 1.807) is 0 Å². The van der Waals surface area contributed by atoms with Gasteiger partial charge in [0.25, 0.3) is 0 Å². The Balaban J connectivity index is 2.20. The molecule has 2 nitrogen and oxygen atoms in total. The van der Waals surface area contributed by atoms with Crippen LogP contribution in [0.5, 0.6) is 0 Å². The zero-order chi connectivity index (χ0) is 13.2. The van der Waals surface area contributed by atoms with Crippen molar-refractivity contribution in [2.24, 2.45) is 11.3 Å². The molecule has 0 amide bonds. The summed E-state index contributed by atoms with van der Waals surface area (Å²) in [4.78, 5) is 12.7. The standard InChI is InChI=1S/C16H23NO/c1-12-6-4-7-13(10-12)15(18)16(2,3)14-8-5-9-17-11-14/h4,6-7,10,14,17H,5,8-9,11H2,1-3H3. The van der Waals surface area contributed by atoms with Crippen molar-refractivity contribution in [3.05, 3.63) is 35.4 Å². The van der Waals surface area contributed by atoms with Crippen LogP contribution in [0.3, 0.4) is 0 Å². The molecule has 0 aliphatic carbocycles. The maximum absolute atomic E-state index is 12.7. The van der Waals surface area contributed by atoms with Gasteiger partial charge in [0.05, 0.1) is 0 Å². The quantitative estimate of drug-likeness (QED) is 0.829. The lowest BCUT2D eigenvalue weighted by atomic mass is 9.70. The molecule has 1 N–H and O–H groups in total. The molecule has 1 aromatic rings. The molecule has 2 rings (SSSR count). The van der Waals surface area contributed by atoms with E-state index in [2.05, 4.69) is 19.2 Å². The molecule has 1 aromatic carbocycles. The number of rotatable bonds is 3. The number of nitrogens with one attached hydrogen (secondary N) is 1. The van der Waals surface area contributed by atoms with E-state index >= 15 is 0 Å². The SMILES string of the molecule is Cc1cccc(C(=O)C(C)(C)C2CCCNC2)c1. The molecule has 18 heavy (non-hydrogen) atoms. The minimum atomic E-state index is -0.277. The van der Waals surface area contributed by atoms with Gasteiger partial charge < -0.3 is 5.32 Å². The van der Waals surface area contributed by atoms with Crippen LogP contribution in [0.4, 0.5) is 0 Å². The Hall–Kier alpha value is -1.15. The van der Waals surface area contributed by atoms with Gasteiger partial charge >= 0.3 is 0 Å². The molecule has 1 fully saturated rings. The highest BCUT2D eigenvalue weighted by atomic mass is 16.1. The van der Waals surface area contributed by atoms with E-state index in [-0.39, 0.29) is 11.2 Å². The van der Waals surface area contributed by atoms with Gasteiger partial charge in [-0.15, -0.1) is 0 Å². The maximum atomic E-state index is 12.7. The topological polar surface area (TPSA) is 29.1 Å². The molecule has 0 radical (unpaired) electrons. The first-order chi connectivity index (χ1) is 8.51. The van der Waals surface area contributed by atoms with Crippen molar-refractivity contribution in [3.8, 4) is 0 Å². The third kappa shape index (κ3) is 2.64. The van der Waals surface area contributed by atoms with Crippen molar-refractivity contribution in [2.75, 3.05) is 13.1 Å². The number of piperidine rings is 1. The molecule has 1 unspecified atom stereocenters. The summed E-state index contributed by atoms with van der Waals surface area (Å²) in [7, 11) is 0. The number of ketones is 1. The molecule has 98 valence electrons. The largest absolute Gasteiger partial charge is 0.316 e. The molecule has 1 aliphatic heterocycles. The van der Waals surface area contributed by atoms with Crippen LogP contribution >= 0.6 is 0 Å². The number of carbonyl (C=O) groups excluding carboxylic acids is 1. The Morgan fingerprint density at radius 1 is 1.39 bits per heavy atom. The molecule has 0 bridgehead atoms. The predicted molar refractivity (Wildman–Crippen MR) is 74.9 cm³/mol. The summed E-state index contributed by atoms with van der Waals surface area (Å²) in [6.07, 6.45) is 2.33. The number of carbonyl (C=O) groups is 1. The summed E-state index contributed by atoms with van der Waals surface area (Å²) in [5, 5.41) is 3.41. The van der Waals surface area contributed by atoms with Crippen molar-refractivity contribution >= 4 is 5.78 Å². The second-order valence-electron chi connectivity index (χ2n) is 5.96. The average Bonchev–Trinajstić information content (AvgIpc) is 2.39. The van der Waals surface area contributed by atoms with E-state index in [0.717, 1.165) is 30.6 Å². The van der Waals surface area contributed by atoms with Gasteiger partial charge in [-0.1, -0.05) is 37.6 Å². The molecular formula is C16H23NO. The fourth-order valence-corrected chi connectivity index (χ4v) is 2.81. The van der Waals surface area contributed by atoms with E-state index in [1.165, 1.54) is 6.42 Å². The van der Waals surface area contributed by atoms with Gasteiger partial charge in [-0.05, 0) is 44.8 Å². The highest BCUT2D eigenvalue weighted by molar-refractivity contribution is 6.00. The highest BCUT2D eigenvalue weighted by Gasteiger charge is 2.37. The first kappa shape index (κ1) is 13.3. The van der Waals surface area contributed by atoms with Crippen molar-refractivity contribution in [1.29, 1.82) is 0 Å². The van der Waals surface area contributed by atoms with Gasteiger partial charge in [0.1, 0.15) is 0 Å². The van der Waals surface area contributed by atoms with Crippen molar-refractivity contribution in [1.82, 2.24) is 5.32 Å². The molecular weight excluding hydrogens is 222 g/mol. The third-order valence-corrected chi connectivity index (χ3v) is 4.18. The summed E-state index contributed by atoms with van der Waals surface area (Å²) >= 11 is 0. The Bertz CT molecular complexity index is 430. The van der Waals surface area contributed by atoms with Crippen molar-refractivity contribution in [2.45, 2.75) is 33.6 Å². The van der Waals surface area contributed by atoms with Crippen LogP contribution in [0.25, 0.3) is 0 Å². The molecule has 0 aromatic heterocycles. The molecule has 2 heteroatoms. The summed E-state index contributed by atoms with van der Waals surface area (Å²) in [5.74, 6) is 0.721. The number of Topliss-reactive ketones (excluding diaryl/α,β-unsaturated/α-hetero) is 1. The lowest BCUT2D eigenvalue weighted by molar-refractivity contribution is 0.0708. The van der Waals surface area contributed by atoms with E-state index in [4.69, 9.17) is 0 Å². The minimum absolute atomic E-state index is 0.277. The second kappa shape index (κ2) is 5.23. The summed E-state index contributed by atoms with van der Waals surface area (Å²) in [6, 6.07) is 7.94. The average molecular weight is 245 g/mol. The lowest BCUT2D eigenvalue weighted by Crippen LogP contribution is -2.42. The van der Waals surface area contributed by atoms with Crippen molar-refractivity contribution in [3.63, 3.8) is 0 Å². The van der Waals surface area contributed by atoms with Crippen LogP contribution < -0.4 is 5.32 Å². The van der Waals surface area contributed by atoms with E-state index < -0.39 is 0 Å². The summed E-state index contributed by atoms with van der Waals surface area (Å²) < 4.78 is 0. The number of hydrogen-bond donors (Lipinski definition) is 1. The van der Waals surface area contributed by atoms with Crippen LogP contribution in [0.2, 0.25) is 0 Å². The molecule has 1 aliphatic rings. The molecule has 0 spiro atoms. The Labute approximate surface area is 110 Å². The van der Waals surface area contributed by atoms with Gasteiger partial charge in [0, 0.05) is 11.0 Å². The minimum Gasteiger partial charge on any atom is -0.316 e. The molecule has 1 atom stereocenters. The van der Waals surface area contributed by atoms with Gasteiger partial charge in [0.2, 0.25) is 0 Å². The Morgan fingerprint density at radius 3 is 2.78 bits per heavy atom. The van der Waals surface area contributed by atoms with Crippen molar-refractivity contribution < 1.29 is 4.79 Å². The van der Waals surface area contributed by atoms with Crippen LogP contribution in [-0.2, 0) is 0 Å². The van der Waals surface area contributed by atoms with Gasteiger partial charge in [-0.25, -0.2) is 0 Å². The van der Waals surface area contributed by atoms with Crippen LogP contribution in [-0.4, -0.2) is 18.9 Å². The van der Waals surface area contributed by atoms with Crippen LogP contribution in [0, 0.1) is 18.3 Å². The van der Waals surface area contributed by atoms with Gasteiger partial charge in [-0.3, -0.25) is 4.79 Å². The van der Waals surface area contributed by atoms with Gasteiger partial charge in [0.15, 0.2) is 5.78 Å². The molecule has 1 heterocycles. The predicted octanol–water partition coefficient (Wildman–Crippen LogP) is 3.20. The van der Waals surface area contributed by atoms with E-state index in [1.807, 2.05) is 31.2 Å². The lowest BCUT2D eigenvalue weighted by Gasteiger charge is -2.36. The fraction of sp³-hybridized carbons (Fsp3) is 0.562. The Morgan fingerprint density at radius 2 is 2.17 bits per heavy atom. The zero-order valence-electron chi connectivity index (χ0n) is 11.6. The number of benzene rings is 1. The second-order valence-corrected chi connectivity index (χ2v) is 5.96. The van der Waals surface area contributed by atoms with Crippen LogP contribution in [0.15, 0.2) is 24.3 Å². The number of hydrogen-bond acceptors (Lipinski definition) is 2. The molecule has 1 saturated heterocycles. The monoisotopic (exact) mass is 245 g/mol. The zero-order valence-corrected chi connectivity index (χ0v) is 11.6. The highest BCUT2D eigenvalue weighted by Crippen LogP contribution is 2.35. The van der Waals surface area contributed by atoms with Gasteiger partial charge in [-0.2, -0.15) is 0 Å². The fourth-order valence-electron chi connectivity index (χ4n) is 2.81. The smallest absolute Gasteiger partial charge is 0.168 e. The van der Waals surface area contributed by atoms with Crippen LogP contribution in [0.1, 0.15) is 42.6 Å². The maximum Gasteiger partial charge on any atom is 0.168 e.